The molecule has 2 N–H and O–H groups in total. The number of nitrogens with two attached hydrogens (primary N) is 1. The Morgan fingerprint density at radius 2 is 1.86 bits per heavy atom. The zero-order chi connectivity index (χ0) is 13.8. The molecule has 1 unspecified atom stereocenters. The first-order chi connectivity index (χ1) is 9.13. The van der Waals surface area contributed by atoms with Gasteiger partial charge in [0, 0.05) is 32.1 Å². The molecule has 1 amide bonds. The molecule has 1 aliphatic rings. The van der Waals surface area contributed by atoms with E-state index in [0.29, 0.717) is 6.42 Å². The second kappa shape index (κ2) is 9.13. The van der Waals surface area contributed by atoms with Gasteiger partial charge in [-0.3, -0.25) is 4.79 Å². The molecule has 0 radical (unpaired) electrons. The summed E-state index contributed by atoms with van der Waals surface area (Å²) in [6, 6.07) is 8.21. The van der Waals surface area contributed by atoms with E-state index < -0.39 is 0 Å². The number of likely N-dealkylation sites (N-methyl/N-ethyl adjacent to an activating group) is 1. The average Bonchev–Trinajstić information content (AvgIpc) is 2.43. The van der Waals surface area contributed by atoms with E-state index in [1.807, 2.05) is 30.0 Å². The molecule has 1 aromatic rings. The topological polar surface area (TPSA) is 49.6 Å². The van der Waals surface area contributed by atoms with Crippen molar-refractivity contribution in [2.75, 3.05) is 29.4 Å². The van der Waals surface area contributed by atoms with Crippen molar-refractivity contribution < 1.29 is 4.79 Å². The Kier molecular flexibility index (Phi) is 8.71. The van der Waals surface area contributed by atoms with Crippen LogP contribution in [0.1, 0.15) is 26.7 Å². The molecule has 0 aromatic heterocycles. The number of rotatable bonds is 4. The number of anilines is 2. The summed E-state index contributed by atoms with van der Waals surface area (Å²) in [7, 11) is 0. The van der Waals surface area contributed by atoms with Crippen LogP contribution in [0.25, 0.3) is 0 Å². The number of carbonyl (C=O) groups is 1. The van der Waals surface area contributed by atoms with Crippen molar-refractivity contribution in [2.24, 2.45) is 5.73 Å². The average molecular weight is 334 g/mol. The first kappa shape index (κ1) is 20.0. The maximum Gasteiger partial charge on any atom is 0.227 e. The van der Waals surface area contributed by atoms with Crippen LogP contribution in [0.4, 0.5) is 11.4 Å². The van der Waals surface area contributed by atoms with Gasteiger partial charge in [0.05, 0.1) is 11.4 Å². The van der Waals surface area contributed by atoms with Gasteiger partial charge >= 0.3 is 0 Å². The van der Waals surface area contributed by atoms with Crippen LogP contribution in [0.3, 0.4) is 0 Å². The minimum atomic E-state index is 0. The fraction of sp³-hybridized carbons (Fsp3) is 0.533. The molecule has 0 saturated carbocycles. The van der Waals surface area contributed by atoms with Crippen molar-refractivity contribution in [3.8, 4) is 0 Å². The third-order valence-electron chi connectivity index (χ3n) is 3.60. The van der Waals surface area contributed by atoms with E-state index in [1.54, 1.807) is 0 Å². The Morgan fingerprint density at radius 3 is 2.43 bits per heavy atom. The summed E-state index contributed by atoms with van der Waals surface area (Å²) >= 11 is 0. The number of hydrogen-bond acceptors (Lipinski definition) is 3. The van der Waals surface area contributed by atoms with Gasteiger partial charge in [-0.25, -0.2) is 0 Å². The summed E-state index contributed by atoms with van der Waals surface area (Å²) in [5, 5.41) is 0. The standard InChI is InChI=1S/C15H23N3O.2ClH/c1-3-17-10-11-18(15(19)9-8-12(2)16)14-7-5-4-6-13(14)17;;/h4-7,12H,3,8-11,16H2,1-2H3;2*1H. The SMILES string of the molecule is CCN1CCN(C(=O)CCC(C)N)c2ccccc21.Cl.Cl. The minimum absolute atomic E-state index is 0. The van der Waals surface area contributed by atoms with Crippen molar-refractivity contribution >= 4 is 42.1 Å². The number of nitrogens with zero attached hydrogens (tertiary/aromatic N) is 2. The fourth-order valence-electron chi connectivity index (χ4n) is 2.50. The van der Waals surface area contributed by atoms with Crippen molar-refractivity contribution in [2.45, 2.75) is 32.7 Å². The van der Waals surface area contributed by atoms with Crippen molar-refractivity contribution in [1.29, 1.82) is 0 Å². The number of hydrogen-bond donors (Lipinski definition) is 1. The fourth-order valence-corrected chi connectivity index (χ4v) is 2.50. The second-order valence-electron chi connectivity index (χ2n) is 5.13. The lowest BCUT2D eigenvalue weighted by atomic mass is 10.1. The molecule has 1 atom stereocenters. The van der Waals surface area contributed by atoms with Crippen LogP contribution >= 0.6 is 24.8 Å². The number of halogens is 2. The molecule has 1 aromatic carbocycles. The molecule has 0 saturated heterocycles. The summed E-state index contributed by atoms with van der Waals surface area (Å²) < 4.78 is 0. The lowest BCUT2D eigenvalue weighted by molar-refractivity contribution is -0.118. The summed E-state index contributed by atoms with van der Waals surface area (Å²) in [6.07, 6.45) is 1.27. The normalized spacial score (nSPS) is 14.6. The van der Waals surface area contributed by atoms with Crippen LogP contribution < -0.4 is 15.5 Å². The van der Waals surface area contributed by atoms with E-state index in [9.17, 15) is 4.79 Å². The largest absolute Gasteiger partial charge is 0.368 e. The number of carbonyl (C=O) groups excluding carboxylic acids is 1. The highest BCUT2D eigenvalue weighted by Crippen LogP contribution is 2.32. The Hall–Kier alpha value is -0.970. The van der Waals surface area contributed by atoms with Crippen molar-refractivity contribution in [3.63, 3.8) is 0 Å². The Bertz CT molecular complexity index is 454. The molecular weight excluding hydrogens is 309 g/mol. The lowest BCUT2D eigenvalue weighted by Gasteiger charge is -2.37. The van der Waals surface area contributed by atoms with E-state index in [-0.39, 0.29) is 36.8 Å². The van der Waals surface area contributed by atoms with E-state index in [2.05, 4.69) is 17.9 Å². The predicted octanol–water partition coefficient (Wildman–Crippen LogP) is 2.83. The highest BCUT2D eigenvalue weighted by Gasteiger charge is 2.25. The van der Waals surface area contributed by atoms with Crippen molar-refractivity contribution in [3.05, 3.63) is 24.3 Å². The molecule has 6 heteroatoms. The van der Waals surface area contributed by atoms with E-state index >= 15 is 0 Å². The zero-order valence-electron chi connectivity index (χ0n) is 12.6. The molecule has 1 aliphatic heterocycles. The van der Waals surface area contributed by atoms with Gasteiger partial charge < -0.3 is 15.5 Å². The molecule has 2 rings (SSSR count). The lowest BCUT2D eigenvalue weighted by Crippen LogP contribution is -2.44. The number of benzene rings is 1. The van der Waals surface area contributed by atoms with Crippen LogP contribution in [0.2, 0.25) is 0 Å². The summed E-state index contributed by atoms with van der Waals surface area (Å²) in [5.41, 5.74) is 7.92. The second-order valence-corrected chi connectivity index (χ2v) is 5.13. The van der Waals surface area contributed by atoms with Gasteiger partial charge in [-0.1, -0.05) is 12.1 Å². The number of para-hydroxylation sites is 2. The molecule has 0 aliphatic carbocycles. The van der Waals surface area contributed by atoms with Gasteiger partial charge in [0.25, 0.3) is 0 Å². The van der Waals surface area contributed by atoms with E-state index in [0.717, 1.165) is 37.4 Å². The van der Waals surface area contributed by atoms with Gasteiger partial charge in [0.2, 0.25) is 5.91 Å². The van der Waals surface area contributed by atoms with Gasteiger partial charge in [0.15, 0.2) is 0 Å². The van der Waals surface area contributed by atoms with Gasteiger partial charge in [-0.05, 0) is 32.4 Å². The summed E-state index contributed by atoms with van der Waals surface area (Å²) in [5.74, 6) is 0.181. The summed E-state index contributed by atoms with van der Waals surface area (Å²) in [6.45, 7) is 6.72. The molecule has 21 heavy (non-hydrogen) atoms. The monoisotopic (exact) mass is 333 g/mol. The molecule has 1 heterocycles. The van der Waals surface area contributed by atoms with Crippen molar-refractivity contribution in [1.82, 2.24) is 0 Å². The zero-order valence-corrected chi connectivity index (χ0v) is 14.3. The van der Waals surface area contributed by atoms with Crippen LogP contribution in [0.15, 0.2) is 24.3 Å². The third-order valence-corrected chi connectivity index (χ3v) is 3.60. The predicted molar refractivity (Wildman–Crippen MR) is 94.1 cm³/mol. The number of amides is 1. The maximum absolute atomic E-state index is 12.3. The third kappa shape index (κ3) is 4.77. The summed E-state index contributed by atoms with van der Waals surface area (Å²) in [4.78, 5) is 16.5. The molecule has 0 spiro atoms. The Balaban J connectivity index is 0.00000200. The van der Waals surface area contributed by atoms with Gasteiger partial charge in [-0.2, -0.15) is 0 Å². The highest BCUT2D eigenvalue weighted by molar-refractivity contribution is 5.97. The number of fused-ring (bicyclic) bond motifs is 1. The van der Waals surface area contributed by atoms with E-state index in [4.69, 9.17) is 5.73 Å². The Morgan fingerprint density at radius 1 is 1.24 bits per heavy atom. The first-order valence-electron chi connectivity index (χ1n) is 7.03. The maximum atomic E-state index is 12.3. The van der Waals surface area contributed by atoms with E-state index in [1.165, 1.54) is 0 Å². The van der Waals surface area contributed by atoms with Crippen LogP contribution in [0.5, 0.6) is 0 Å². The molecule has 4 nitrogen and oxygen atoms in total. The Labute approximate surface area is 139 Å². The van der Waals surface area contributed by atoms with Gasteiger partial charge in [0.1, 0.15) is 0 Å². The smallest absolute Gasteiger partial charge is 0.227 e. The molecule has 0 fully saturated rings. The highest BCUT2D eigenvalue weighted by atomic mass is 35.5. The van der Waals surface area contributed by atoms with Crippen LogP contribution in [-0.2, 0) is 4.79 Å². The molecule has 0 bridgehead atoms. The van der Waals surface area contributed by atoms with Crippen LogP contribution in [0, 0.1) is 0 Å². The minimum Gasteiger partial charge on any atom is -0.368 e. The molecule has 120 valence electrons. The van der Waals surface area contributed by atoms with Gasteiger partial charge in [-0.15, -0.1) is 24.8 Å². The molecular formula is C15H25Cl2N3O. The van der Waals surface area contributed by atoms with Crippen LogP contribution in [-0.4, -0.2) is 31.6 Å². The quantitative estimate of drug-likeness (QED) is 0.921. The first-order valence-corrected chi connectivity index (χ1v) is 7.03.